The number of halogens is 3. The number of ether oxygens (including phenoxy) is 1. The summed E-state index contributed by atoms with van der Waals surface area (Å²) in [7, 11) is 0. The van der Waals surface area contributed by atoms with Gasteiger partial charge in [0, 0.05) is 0 Å². The molecule has 0 aliphatic heterocycles. The topological polar surface area (TPSA) is 55.4 Å². The van der Waals surface area contributed by atoms with Gasteiger partial charge in [0.25, 0.3) is 5.91 Å². The van der Waals surface area contributed by atoms with Gasteiger partial charge >= 0.3 is 5.97 Å². The van der Waals surface area contributed by atoms with E-state index >= 15 is 0 Å². The first-order chi connectivity index (χ1) is 12.9. The van der Waals surface area contributed by atoms with Crippen molar-refractivity contribution >= 4 is 28.3 Å². The molecule has 0 aliphatic rings. The number of nitrogens with one attached hydrogen (secondary N) is 1. The summed E-state index contributed by atoms with van der Waals surface area (Å²) in [5, 5.41) is 3.83. The molecule has 1 amide bonds. The van der Waals surface area contributed by atoms with E-state index in [4.69, 9.17) is 4.74 Å². The van der Waals surface area contributed by atoms with E-state index in [9.17, 15) is 22.8 Å². The number of hydrogen-bond donors (Lipinski definition) is 1. The monoisotopic (exact) mass is 373 g/mol. The van der Waals surface area contributed by atoms with Crippen LogP contribution in [0.4, 0.5) is 18.9 Å². The summed E-state index contributed by atoms with van der Waals surface area (Å²) < 4.78 is 44.8. The van der Waals surface area contributed by atoms with Crippen molar-refractivity contribution in [3.8, 4) is 0 Å². The number of carbonyl (C=O) groups is 2. The minimum Gasteiger partial charge on any atom is -0.449 e. The minimum atomic E-state index is -1.70. The number of esters is 1. The van der Waals surface area contributed by atoms with Crippen LogP contribution in [0.5, 0.6) is 0 Å². The molecule has 138 valence electrons. The molecule has 0 aliphatic carbocycles. The van der Waals surface area contributed by atoms with Gasteiger partial charge in [0.15, 0.2) is 23.6 Å². The van der Waals surface area contributed by atoms with Crippen molar-refractivity contribution in [2.75, 3.05) is 5.32 Å². The molecular formula is C20H14F3NO3. The predicted octanol–water partition coefficient (Wildman–Crippen LogP) is 4.44. The fourth-order valence-corrected chi connectivity index (χ4v) is 2.46. The molecule has 4 nitrogen and oxygen atoms in total. The number of carbonyl (C=O) groups excluding carboxylic acids is 2. The van der Waals surface area contributed by atoms with Crippen molar-refractivity contribution in [2.24, 2.45) is 0 Å². The zero-order valence-electron chi connectivity index (χ0n) is 14.1. The molecule has 0 heterocycles. The van der Waals surface area contributed by atoms with Crippen LogP contribution in [-0.4, -0.2) is 18.0 Å². The second kappa shape index (κ2) is 7.49. The second-order valence-electron chi connectivity index (χ2n) is 5.82. The van der Waals surface area contributed by atoms with Gasteiger partial charge in [0.05, 0.1) is 11.3 Å². The molecule has 3 aromatic rings. The zero-order chi connectivity index (χ0) is 19.6. The highest BCUT2D eigenvalue weighted by atomic mass is 19.2. The Hall–Kier alpha value is -3.35. The van der Waals surface area contributed by atoms with Gasteiger partial charge in [-0.3, -0.25) is 4.79 Å². The molecule has 1 N–H and O–H groups in total. The normalized spacial score (nSPS) is 11.9. The van der Waals surface area contributed by atoms with Crippen molar-refractivity contribution in [1.29, 1.82) is 0 Å². The van der Waals surface area contributed by atoms with Crippen LogP contribution >= 0.6 is 0 Å². The van der Waals surface area contributed by atoms with Crippen LogP contribution in [0.3, 0.4) is 0 Å². The molecular weight excluding hydrogens is 359 g/mol. The SMILES string of the molecule is C[C@@H](OC(=O)c1ccc2ccccc2c1)C(=O)Nc1ccc(F)c(F)c1F. The number of amides is 1. The van der Waals surface area contributed by atoms with E-state index in [1.165, 1.54) is 6.92 Å². The molecule has 0 fully saturated rings. The third kappa shape index (κ3) is 3.92. The molecule has 0 spiro atoms. The third-order valence-electron chi connectivity index (χ3n) is 3.93. The Balaban J connectivity index is 1.70. The summed E-state index contributed by atoms with van der Waals surface area (Å²) in [5.74, 6) is -6.23. The summed E-state index contributed by atoms with van der Waals surface area (Å²) in [6.45, 7) is 1.28. The molecule has 1 atom stereocenters. The standard InChI is InChI=1S/C20H14F3NO3/c1-11(19(25)24-16-9-8-15(21)17(22)18(16)23)27-20(26)14-7-6-12-4-2-3-5-13(12)10-14/h2-11H,1H3,(H,24,25)/t11-/m1/s1. The van der Waals surface area contributed by atoms with E-state index < -0.39 is 41.1 Å². The predicted molar refractivity (Wildman–Crippen MR) is 93.8 cm³/mol. The molecule has 0 radical (unpaired) electrons. The van der Waals surface area contributed by atoms with Gasteiger partial charge in [-0.05, 0) is 42.0 Å². The van der Waals surface area contributed by atoms with Gasteiger partial charge in [0.2, 0.25) is 0 Å². The second-order valence-corrected chi connectivity index (χ2v) is 5.82. The lowest BCUT2D eigenvalue weighted by molar-refractivity contribution is -0.123. The van der Waals surface area contributed by atoms with E-state index in [0.717, 1.165) is 16.8 Å². The Morgan fingerprint density at radius 1 is 0.926 bits per heavy atom. The van der Waals surface area contributed by atoms with Gasteiger partial charge in [-0.15, -0.1) is 0 Å². The van der Waals surface area contributed by atoms with Gasteiger partial charge in [-0.2, -0.15) is 0 Å². The summed E-state index contributed by atoms with van der Waals surface area (Å²) in [4.78, 5) is 24.3. The molecule has 0 aromatic heterocycles. The first-order valence-electron chi connectivity index (χ1n) is 8.01. The highest BCUT2D eigenvalue weighted by Crippen LogP contribution is 2.20. The summed E-state index contributed by atoms with van der Waals surface area (Å²) in [6.07, 6.45) is -1.28. The first kappa shape index (κ1) is 18.4. The summed E-state index contributed by atoms with van der Waals surface area (Å²) in [6, 6.07) is 13.9. The maximum absolute atomic E-state index is 13.6. The zero-order valence-corrected chi connectivity index (χ0v) is 14.1. The van der Waals surface area contributed by atoms with Gasteiger partial charge in [-0.1, -0.05) is 30.3 Å². The van der Waals surface area contributed by atoms with Gasteiger partial charge < -0.3 is 10.1 Å². The first-order valence-corrected chi connectivity index (χ1v) is 8.01. The fraction of sp³-hybridized carbons (Fsp3) is 0.100. The lowest BCUT2D eigenvalue weighted by Gasteiger charge is -2.14. The minimum absolute atomic E-state index is 0.243. The van der Waals surface area contributed by atoms with Crippen LogP contribution in [-0.2, 0) is 9.53 Å². The molecule has 27 heavy (non-hydrogen) atoms. The van der Waals surface area contributed by atoms with Crippen molar-refractivity contribution in [2.45, 2.75) is 13.0 Å². The quantitative estimate of drug-likeness (QED) is 0.543. The molecule has 0 saturated heterocycles. The Labute approximate surface area is 152 Å². The Morgan fingerprint density at radius 3 is 2.37 bits per heavy atom. The lowest BCUT2D eigenvalue weighted by atomic mass is 10.1. The van der Waals surface area contributed by atoms with E-state index in [1.54, 1.807) is 18.2 Å². The number of fused-ring (bicyclic) bond motifs is 1. The Bertz CT molecular complexity index is 1040. The lowest BCUT2D eigenvalue weighted by Crippen LogP contribution is -2.30. The maximum atomic E-state index is 13.6. The van der Waals surface area contributed by atoms with Crippen LogP contribution in [0, 0.1) is 17.5 Å². The van der Waals surface area contributed by atoms with E-state index in [2.05, 4.69) is 5.32 Å². The molecule has 3 aromatic carbocycles. The van der Waals surface area contributed by atoms with E-state index in [1.807, 2.05) is 24.3 Å². The largest absolute Gasteiger partial charge is 0.449 e. The van der Waals surface area contributed by atoms with Crippen LogP contribution in [0.1, 0.15) is 17.3 Å². The van der Waals surface area contributed by atoms with Crippen LogP contribution in [0.15, 0.2) is 54.6 Å². The fourth-order valence-electron chi connectivity index (χ4n) is 2.46. The summed E-state index contributed by atoms with van der Waals surface area (Å²) >= 11 is 0. The molecule has 0 saturated carbocycles. The highest BCUT2D eigenvalue weighted by Gasteiger charge is 2.22. The number of rotatable bonds is 4. The van der Waals surface area contributed by atoms with E-state index in [-0.39, 0.29) is 5.56 Å². The molecule has 0 unspecified atom stereocenters. The van der Waals surface area contributed by atoms with Gasteiger partial charge in [-0.25, -0.2) is 18.0 Å². The van der Waals surface area contributed by atoms with Crippen molar-refractivity contribution < 1.29 is 27.5 Å². The molecule has 7 heteroatoms. The van der Waals surface area contributed by atoms with Crippen LogP contribution < -0.4 is 5.32 Å². The molecule has 3 rings (SSSR count). The smallest absolute Gasteiger partial charge is 0.338 e. The van der Waals surface area contributed by atoms with Crippen molar-refractivity contribution in [3.05, 3.63) is 77.6 Å². The van der Waals surface area contributed by atoms with Gasteiger partial charge in [0.1, 0.15) is 0 Å². The Kier molecular flexibility index (Phi) is 5.12. The van der Waals surface area contributed by atoms with Crippen molar-refractivity contribution in [1.82, 2.24) is 0 Å². The van der Waals surface area contributed by atoms with Crippen molar-refractivity contribution in [3.63, 3.8) is 0 Å². The number of anilines is 1. The molecule has 0 bridgehead atoms. The number of benzene rings is 3. The van der Waals surface area contributed by atoms with Crippen LogP contribution in [0.25, 0.3) is 10.8 Å². The third-order valence-corrected chi connectivity index (χ3v) is 3.93. The van der Waals surface area contributed by atoms with E-state index in [0.29, 0.717) is 6.07 Å². The maximum Gasteiger partial charge on any atom is 0.338 e. The highest BCUT2D eigenvalue weighted by molar-refractivity contribution is 5.99. The summed E-state index contributed by atoms with van der Waals surface area (Å²) in [5.41, 5.74) is -0.306. The average Bonchev–Trinajstić information content (AvgIpc) is 2.67. The Morgan fingerprint density at radius 2 is 1.63 bits per heavy atom. The average molecular weight is 373 g/mol. The van der Waals surface area contributed by atoms with Crippen LogP contribution in [0.2, 0.25) is 0 Å². The number of hydrogen-bond acceptors (Lipinski definition) is 3.